The van der Waals surface area contributed by atoms with Crippen LogP contribution in [0.5, 0.6) is 0 Å². The third-order valence-corrected chi connectivity index (χ3v) is 4.93. The minimum atomic E-state index is 0.540. The molecular formula is C12H25N. The SMILES string of the molecule is CC(C)C1(C)C(C)[C@@H](C)[C@H]1CCN. The first kappa shape index (κ1) is 11.0. The Bertz CT molecular complexity index is 176. The number of hydrogen-bond donors (Lipinski definition) is 1. The summed E-state index contributed by atoms with van der Waals surface area (Å²) in [5.74, 6) is 3.38. The lowest BCUT2D eigenvalue weighted by Crippen LogP contribution is -2.56. The van der Waals surface area contributed by atoms with Crippen LogP contribution in [0.25, 0.3) is 0 Å². The van der Waals surface area contributed by atoms with Gasteiger partial charge in [-0.3, -0.25) is 0 Å². The summed E-state index contributed by atoms with van der Waals surface area (Å²) in [4.78, 5) is 0. The molecule has 0 aromatic rings. The summed E-state index contributed by atoms with van der Waals surface area (Å²) in [6, 6.07) is 0. The van der Waals surface area contributed by atoms with Gasteiger partial charge in [-0.2, -0.15) is 0 Å². The molecule has 0 saturated heterocycles. The van der Waals surface area contributed by atoms with Gasteiger partial charge < -0.3 is 5.73 Å². The van der Waals surface area contributed by atoms with Gasteiger partial charge in [-0.15, -0.1) is 0 Å². The van der Waals surface area contributed by atoms with Crippen molar-refractivity contribution in [3.8, 4) is 0 Å². The predicted molar refractivity (Wildman–Crippen MR) is 58.4 cm³/mol. The van der Waals surface area contributed by atoms with E-state index in [1.54, 1.807) is 0 Å². The molecule has 0 radical (unpaired) electrons. The quantitative estimate of drug-likeness (QED) is 0.715. The minimum Gasteiger partial charge on any atom is -0.330 e. The van der Waals surface area contributed by atoms with Gasteiger partial charge in [0, 0.05) is 0 Å². The molecule has 1 fully saturated rings. The molecule has 1 nitrogen and oxygen atoms in total. The molecule has 4 atom stereocenters. The smallest absolute Gasteiger partial charge is 0.00743 e. The van der Waals surface area contributed by atoms with E-state index in [9.17, 15) is 0 Å². The molecule has 0 heterocycles. The van der Waals surface area contributed by atoms with Gasteiger partial charge in [0.15, 0.2) is 0 Å². The van der Waals surface area contributed by atoms with Gasteiger partial charge in [0.2, 0.25) is 0 Å². The highest BCUT2D eigenvalue weighted by atomic mass is 14.6. The normalized spacial score (nSPS) is 45.0. The van der Waals surface area contributed by atoms with Gasteiger partial charge in [0.1, 0.15) is 0 Å². The second kappa shape index (κ2) is 3.61. The molecule has 0 aromatic carbocycles. The van der Waals surface area contributed by atoms with Crippen molar-refractivity contribution in [3.05, 3.63) is 0 Å². The summed E-state index contributed by atoms with van der Waals surface area (Å²) in [6.07, 6.45) is 1.21. The average Bonchev–Trinajstić information content (AvgIpc) is 2.11. The summed E-state index contributed by atoms with van der Waals surface area (Å²) in [5.41, 5.74) is 6.21. The maximum Gasteiger partial charge on any atom is -0.00743 e. The lowest BCUT2D eigenvalue weighted by molar-refractivity contribution is -0.127. The molecule has 1 aliphatic rings. The Hall–Kier alpha value is -0.0400. The zero-order chi connectivity index (χ0) is 10.2. The predicted octanol–water partition coefficient (Wildman–Crippen LogP) is 2.90. The third kappa shape index (κ3) is 1.41. The van der Waals surface area contributed by atoms with Crippen LogP contribution in [-0.4, -0.2) is 6.54 Å². The molecule has 1 aliphatic carbocycles. The zero-order valence-electron chi connectivity index (χ0n) is 9.80. The molecule has 0 bridgehead atoms. The monoisotopic (exact) mass is 183 g/mol. The number of rotatable bonds is 3. The van der Waals surface area contributed by atoms with Gasteiger partial charge in [0.05, 0.1) is 0 Å². The first-order chi connectivity index (χ1) is 5.96. The fraction of sp³-hybridized carbons (Fsp3) is 1.00. The molecule has 13 heavy (non-hydrogen) atoms. The molecule has 78 valence electrons. The van der Waals surface area contributed by atoms with Crippen LogP contribution in [0.3, 0.4) is 0 Å². The van der Waals surface area contributed by atoms with E-state index in [1.165, 1.54) is 6.42 Å². The lowest BCUT2D eigenvalue weighted by atomic mass is 9.44. The Kier molecular flexibility index (Phi) is 3.06. The van der Waals surface area contributed by atoms with Crippen molar-refractivity contribution < 1.29 is 0 Å². The molecule has 1 heteroatoms. The molecule has 0 aromatic heterocycles. The second-order valence-electron chi connectivity index (χ2n) is 5.35. The average molecular weight is 183 g/mol. The van der Waals surface area contributed by atoms with E-state index in [2.05, 4.69) is 34.6 Å². The third-order valence-electron chi connectivity index (χ3n) is 4.93. The van der Waals surface area contributed by atoms with Crippen LogP contribution < -0.4 is 5.73 Å². The Morgan fingerprint density at radius 1 is 1.31 bits per heavy atom. The molecule has 1 rings (SSSR count). The van der Waals surface area contributed by atoms with E-state index in [1.807, 2.05) is 0 Å². The van der Waals surface area contributed by atoms with Crippen LogP contribution in [-0.2, 0) is 0 Å². The second-order valence-corrected chi connectivity index (χ2v) is 5.35. The standard InChI is InChI=1S/C12H25N/c1-8(2)12(5)10(4)9(3)11(12)6-7-13/h8-11H,6-7,13H2,1-5H3/t9-,10?,11-,12?/m1/s1. The maximum atomic E-state index is 5.67. The van der Waals surface area contributed by atoms with Crippen LogP contribution in [0.15, 0.2) is 0 Å². The number of nitrogens with two attached hydrogens (primary N) is 1. The largest absolute Gasteiger partial charge is 0.330 e. The van der Waals surface area contributed by atoms with Gasteiger partial charge in [0.25, 0.3) is 0 Å². The molecule has 2 unspecified atom stereocenters. The van der Waals surface area contributed by atoms with E-state index < -0.39 is 0 Å². The van der Waals surface area contributed by atoms with Crippen molar-refractivity contribution in [1.82, 2.24) is 0 Å². The number of hydrogen-bond acceptors (Lipinski definition) is 1. The van der Waals surface area contributed by atoms with Gasteiger partial charge in [-0.05, 0) is 42.1 Å². The molecule has 2 N–H and O–H groups in total. The molecule has 0 amide bonds. The van der Waals surface area contributed by atoms with E-state index >= 15 is 0 Å². The van der Waals surface area contributed by atoms with Crippen molar-refractivity contribution in [2.45, 2.75) is 41.0 Å². The van der Waals surface area contributed by atoms with Crippen molar-refractivity contribution >= 4 is 0 Å². The summed E-state index contributed by atoms with van der Waals surface area (Å²) in [6.45, 7) is 12.8. The van der Waals surface area contributed by atoms with Gasteiger partial charge in [-0.25, -0.2) is 0 Å². The molecule has 0 spiro atoms. The molecule has 0 aliphatic heterocycles. The minimum absolute atomic E-state index is 0.540. The lowest BCUT2D eigenvalue weighted by Gasteiger charge is -2.61. The Balaban J connectivity index is 2.72. The van der Waals surface area contributed by atoms with E-state index in [0.717, 1.165) is 30.2 Å². The van der Waals surface area contributed by atoms with Crippen molar-refractivity contribution in [3.63, 3.8) is 0 Å². The highest BCUT2D eigenvalue weighted by Crippen LogP contribution is 2.60. The van der Waals surface area contributed by atoms with Gasteiger partial charge in [-0.1, -0.05) is 34.6 Å². The van der Waals surface area contributed by atoms with Crippen LogP contribution in [0.1, 0.15) is 41.0 Å². The zero-order valence-corrected chi connectivity index (χ0v) is 9.80. The van der Waals surface area contributed by atoms with Crippen molar-refractivity contribution in [2.24, 2.45) is 34.8 Å². The van der Waals surface area contributed by atoms with Crippen LogP contribution in [0, 0.1) is 29.1 Å². The first-order valence-corrected chi connectivity index (χ1v) is 5.66. The fourth-order valence-electron chi connectivity index (χ4n) is 3.41. The highest BCUT2D eigenvalue weighted by molar-refractivity contribution is 5.03. The first-order valence-electron chi connectivity index (χ1n) is 5.66. The Morgan fingerprint density at radius 2 is 1.85 bits per heavy atom. The summed E-state index contributed by atoms with van der Waals surface area (Å²) in [5, 5.41) is 0. The fourth-order valence-corrected chi connectivity index (χ4v) is 3.41. The summed E-state index contributed by atoms with van der Waals surface area (Å²) < 4.78 is 0. The Morgan fingerprint density at radius 3 is 2.23 bits per heavy atom. The Labute approximate surface area is 83.1 Å². The van der Waals surface area contributed by atoms with E-state index in [0.29, 0.717) is 5.41 Å². The van der Waals surface area contributed by atoms with Crippen LogP contribution in [0.4, 0.5) is 0 Å². The summed E-state index contributed by atoms with van der Waals surface area (Å²) >= 11 is 0. The van der Waals surface area contributed by atoms with Crippen molar-refractivity contribution in [2.75, 3.05) is 6.54 Å². The van der Waals surface area contributed by atoms with Crippen LogP contribution >= 0.6 is 0 Å². The van der Waals surface area contributed by atoms with E-state index in [4.69, 9.17) is 5.73 Å². The van der Waals surface area contributed by atoms with E-state index in [-0.39, 0.29) is 0 Å². The maximum absolute atomic E-state index is 5.67. The molecular weight excluding hydrogens is 158 g/mol. The molecule has 1 saturated carbocycles. The van der Waals surface area contributed by atoms with Crippen LogP contribution in [0.2, 0.25) is 0 Å². The topological polar surface area (TPSA) is 26.0 Å². The van der Waals surface area contributed by atoms with Gasteiger partial charge >= 0.3 is 0 Å². The van der Waals surface area contributed by atoms with Crippen molar-refractivity contribution in [1.29, 1.82) is 0 Å². The summed E-state index contributed by atoms with van der Waals surface area (Å²) in [7, 11) is 0. The highest BCUT2D eigenvalue weighted by Gasteiger charge is 2.54.